The minimum absolute atomic E-state index is 0.294. The molecule has 0 amide bonds. The van der Waals surface area contributed by atoms with Gasteiger partial charge in [-0.25, -0.2) is 0 Å². The summed E-state index contributed by atoms with van der Waals surface area (Å²) in [6.07, 6.45) is 9.19. The maximum atomic E-state index is 6.28. The van der Waals surface area contributed by atoms with E-state index in [0.717, 1.165) is 18.5 Å². The van der Waals surface area contributed by atoms with E-state index < -0.39 is 0 Å². The van der Waals surface area contributed by atoms with Crippen LogP contribution in [0.1, 0.15) is 63.4 Å². The van der Waals surface area contributed by atoms with Crippen molar-refractivity contribution in [1.82, 2.24) is 4.90 Å². The Morgan fingerprint density at radius 1 is 1.10 bits per heavy atom. The second-order valence-corrected chi connectivity index (χ2v) is 7.04. The molecular formula is C19H30N2. The molecule has 0 spiro atoms. The van der Waals surface area contributed by atoms with Crippen LogP contribution in [0.25, 0.3) is 0 Å². The normalized spacial score (nSPS) is 29.8. The molecule has 0 heterocycles. The largest absolute Gasteiger partial charge is 0.329 e. The second kappa shape index (κ2) is 6.50. The Balaban J connectivity index is 1.69. The number of rotatable bonds is 6. The van der Waals surface area contributed by atoms with Gasteiger partial charge in [0.2, 0.25) is 0 Å². The van der Waals surface area contributed by atoms with E-state index in [-0.39, 0.29) is 0 Å². The van der Waals surface area contributed by atoms with E-state index in [1.165, 1.54) is 57.1 Å². The quantitative estimate of drug-likeness (QED) is 0.859. The van der Waals surface area contributed by atoms with E-state index >= 15 is 0 Å². The third kappa shape index (κ3) is 3.17. The van der Waals surface area contributed by atoms with Crippen LogP contribution < -0.4 is 5.73 Å². The van der Waals surface area contributed by atoms with Gasteiger partial charge in [0.05, 0.1) is 0 Å². The molecule has 1 aromatic rings. The number of benzene rings is 1. The second-order valence-electron chi connectivity index (χ2n) is 7.04. The standard InChI is InChI=1S/C19H30N2/c1-2-14-21(18-8-9-18)19(15-20)12-10-17(11-13-19)16-6-4-3-5-7-16/h3-7,17-18H,2,8-15,20H2,1H3. The molecule has 0 radical (unpaired) electrons. The predicted molar refractivity (Wildman–Crippen MR) is 89.5 cm³/mol. The fourth-order valence-corrected chi connectivity index (χ4v) is 4.26. The fraction of sp³-hybridized carbons (Fsp3) is 0.684. The Morgan fingerprint density at radius 2 is 1.76 bits per heavy atom. The molecule has 2 saturated carbocycles. The van der Waals surface area contributed by atoms with Gasteiger partial charge in [-0.05, 0) is 63.0 Å². The van der Waals surface area contributed by atoms with E-state index in [9.17, 15) is 0 Å². The summed E-state index contributed by atoms with van der Waals surface area (Å²) in [6, 6.07) is 11.9. The Kier molecular flexibility index (Phi) is 4.66. The highest BCUT2D eigenvalue weighted by Gasteiger charge is 2.44. The zero-order valence-corrected chi connectivity index (χ0v) is 13.4. The monoisotopic (exact) mass is 286 g/mol. The van der Waals surface area contributed by atoms with Crippen LogP contribution in [0.3, 0.4) is 0 Å². The van der Waals surface area contributed by atoms with Crippen molar-refractivity contribution in [2.75, 3.05) is 13.1 Å². The highest BCUT2D eigenvalue weighted by atomic mass is 15.3. The van der Waals surface area contributed by atoms with Gasteiger partial charge in [0.1, 0.15) is 0 Å². The zero-order valence-electron chi connectivity index (χ0n) is 13.4. The lowest BCUT2D eigenvalue weighted by Crippen LogP contribution is -2.56. The smallest absolute Gasteiger partial charge is 0.0335 e. The molecule has 0 unspecified atom stereocenters. The number of nitrogens with zero attached hydrogens (tertiary/aromatic N) is 1. The van der Waals surface area contributed by atoms with Gasteiger partial charge in [-0.2, -0.15) is 0 Å². The van der Waals surface area contributed by atoms with Crippen molar-refractivity contribution in [1.29, 1.82) is 0 Å². The predicted octanol–water partition coefficient (Wildman–Crippen LogP) is 3.92. The summed E-state index contributed by atoms with van der Waals surface area (Å²) in [6.45, 7) is 4.37. The molecule has 0 saturated heterocycles. The molecule has 2 nitrogen and oxygen atoms in total. The molecule has 116 valence electrons. The summed E-state index contributed by atoms with van der Waals surface area (Å²) in [7, 11) is 0. The third-order valence-electron chi connectivity index (χ3n) is 5.63. The molecule has 3 rings (SSSR count). The highest BCUT2D eigenvalue weighted by Crippen LogP contribution is 2.44. The van der Waals surface area contributed by atoms with Gasteiger partial charge in [0.25, 0.3) is 0 Å². The van der Waals surface area contributed by atoms with Crippen LogP contribution in [0.15, 0.2) is 30.3 Å². The number of hydrogen-bond acceptors (Lipinski definition) is 2. The SMILES string of the molecule is CCCN(C1CC1)C1(CN)CCC(c2ccccc2)CC1. The van der Waals surface area contributed by atoms with Gasteiger partial charge in [0, 0.05) is 18.1 Å². The summed E-state index contributed by atoms with van der Waals surface area (Å²) in [5, 5.41) is 0. The lowest BCUT2D eigenvalue weighted by atomic mass is 9.73. The first kappa shape index (κ1) is 15.1. The van der Waals surface area contributed by atoms with Crippen molar-refractivity contribution in [3.63, 3.8) is 0 Å². The van der Waals surface area contributed by atoms with E-state index in [1.54, 1.807) is 0 Å². The Morgan fingerprint density at radius 3 is 2.29 bits per heavy atom. The topological polar surface area (TPSA) is 29.3 Å². The molecule has 2 aliphatic carbocycles. The molecule has 0 aliphatic heterocycles. The molecule has 0 atom stereocenters. The van der Waals surface area contributed by atoms with Gasteiger partial charge in [-0.15, -0.1) is 0 Å². The molecule has 0 aromatic heterocycles. The lowest BCUT2D eigenvalue weighted by molar-refractivity contribution is 0.0439. The van der Waals surface area contributed by atoms with E-state index in [1.807, 2.05) is 0 Å². The minimum atomic E-state index is 0.294. The Labute approximate surface area is 129 Å². The van der Waals surface area contributed by atoms with Crippen LogP contribution in [0.5, 0.6) is 0 Å². The molecular weight excluding hydrogens is 256 g/mol. The summed E-state index contributed by atoms with van der Waals surface area (Å²) in [5.74, 6) is 0.744. The van der Waals surface area contributed by atoms with Gasteiger partial charge in [-0.3, -0.25) is 4.90 Å². The average molecular weight is 286 g/mol. The third-order valence-corrected chi connectivity index (χ3v) is 5.63. The molecule has 21 heavy (non-hydrogen) atoms. The maximum Gasteiger partial charge on any atom is 0.0335 e. The summed E-state index contributed by atoms with van der Waals surface area (Å²) in [4.78, 5) is 2.79. The average Bonchev–Trinajstić information content (AvgIpc) is 3.38. The first-order valence-electron chi connectivity index (χ1n) is 8.81. The van der Waals surface area contributed by atoms with Crippen LogP contribution in [0.2, 0.25) is 0 Å². The highest BCUT2D eigenvalue weighted by molar-refractivity contribution is 5.21. The first-order valence-corrected chi connectivity index (χ1v) is 8.81. The van der Waals surface area contributed by atoms with Crippen molar-refractivity contribution >= 4 is 0 Å². The molecule has 2 aliphatic rings. The van der Waals surface area contributed by atoms with Crippen molar-refractivity contribution < 1.29 is 0 Å². The summed E-state index contributed by atoms with van der Waals surface area (Å²) in [5.41, 5.74) is 8.10. The molecule has 2 N–H and O–H groups in total. The molecule has 1 aromatic carbocycles. The summed E-state index contributed by atoms with van der Waals surface area (Å²) >= 11 is 0. The van der Waals surface area contributed by atoms with Crippen molar-refractivity contribution in [3.05, 3.63) is 35.9 Å². The van der Waals surface area contributed by atoms with Crippen LogP contribution in [0, 0.1) is 0 Å². The van der Waals surface area contributed by atoms with E-state index in [4.69, 9.17) is 5.73 Å². The Bertz CT molecular complexity index is 430. The van der Waals surface area contributed by atoms with Crippen molar-refractivity contribution in [2.24, 2.45) is 5.73 Å². The zero-order chi connectivity index (χ0) is 14.7. The number of hydrogen-bond donors (Lipinski definition) is 1. The summed E-state index contributed by atoms with van der Waals surface area (Å²) < 4.78 is 0. The maximum absolute atomic E-state index is 6.28. The van der Waals surface area contributed by atoms with Gasteiger partial charge in [0.15, 0.2) is 0 Å². The number of nitrogens with two attached hydrogens (primary N) is 1. The van der Waals surface area contributed by atoms with Gasteiger partial charge >= 0.3 is 0 Å². The Hall–Kier alpha value is -0.860. The van der Waals surface area contributed by atoms with Crippen LogP contribution in [-0.4, -0.2) is 29.6 Å². The van der Waals surface area contributed by atoms with E-state index in [0.29, 0.717) is 5.54 Å². The minimum Gasteiger partial charge on any atom is -0.329 e. The lowest BCUT2D eigenvalue weighted by Gasteiger charge is -2.48. The van der Waals surface area contributed by atoms with Gasteiger partial charge < -0.3 is 5.73 Å². The molecule has 2 heteroatoms. The molecule has 0 bridgehead atoms. The van der Waals surface area contributed by atoms with Crippen molar-refractivity contribution in [2.45, 2.75) is 69.4 Å². The van der Waals surface area contributed by atoms with E-state index in [2.05, 4.69) is 42.2 Å². The first-order chi connectivity index (χ1) is 10.3. The van der Waals surface area contributed by atoms with Crippen LogP contribution >= 0.6 is 0 Å². The van der Waals surface area contributed by atoms with Crippen molar-refractivity contribution in [3.8, 4) is 0 Å². The molecule has 2 fully saturated rings. The fourth-order valence-electron chi connectivity index (χ4n) is 4.26. The van der Waals surface area contributed by atoms with Crippen LogP contribution in [-0.2, 0) is 0 Å². The van der Waals surface area contributed by atoms with Crippen LogP contribution in [0.4, 0.5) is 0 Å². The van der Waals surface area contributed by atoms with Gasteiger partial charge in [-0.1, -0.05) is 37.3 Å².